The summed E-state index contributed by atoms with van der Waals surface area (Å²) in [4.78, 5) is 11.8. The number of benzene rings is 1. The normalized spacial score (nSPS) is 19.2. The summed E-state index contributed by atoms with van der Waals surface area (Å²) in [5.74, 6) is -0.477. The molecule has 0 radical (unpaired) electrons. The van der Waals surface area contributed by atoms with Crippen LogP contribution >= 0.6 is 15.9 Å². The Morgan fingerprint density at radius 1 is 1.47 bits per heavy atom. The summed E-state index contributed by atoms with van der Waals surface area (Å²) in [5.41, 5.74) is 0.467. The Morgan fingerprint density at radius 3 is 3.05 bits per heavy atom. The molecule has 2 rings (SSSR count). The molecule has 0 spiro atoms. The molecule has 1 N–H and O–H groups in total. The average molecular weight is 330 g/mol. The van der Waals surface area contributed by atoms with Gasteiger partial charge in [-0.05, 0) is 59.8 Å². The fraction of sp³-hybridized carbons (Fsp3) is 0.500. The third kappa shape index (κ3) is 4.58. The van der Waals surface area contributed by atoms with Crippen LogP contribution in [0.1, 0.15) is 32.1 Å². The van der Waals surface area contributed by atoms with Gasteiger partial charge in [0.15, 0.2) is 0 Å². The maximum atomic E-state index is 13.1. The van der Waals surface area contributed by atoms with Gasteiger partial charge in [0, 0.05) is 17.5 Å². The molecule has 0 aliphatic carbocycles. The lowest BCUT2D eigenvalue weighted by Crippen LogP contribution is -2.21. The highest BCUT2D eigenvalue weighted by molar-refractivity contribution is 9.10. The molecule has 104 valence electrons. The molecule has 1 aromatic rings. The molecule has 5 heteroatoms. The van der Waals surface area contributed by atoms with Crippen molar-refractivity contribution in [1.82, 2.24) is 0 Å². The Morgan fingerprint density at radius 2 is 2.32 bits per heavy atom. The van der Waals surface area contributed by atoms with E-state index >= 15 is 0 Å². The van der Waals surface area contributed by atoms with Crippen LogP contribution in [0, 0.1) is 5.82 Å². The first kappa shape index (κ1) is 14.5. The molecular weight excluding hydrogens is 313 g/mol. The lowest BCUT2D eigenvalue weighted by molar-refractivity contribution is -0.117. The van der Waals surface area contributed by atoms with Gasteiger partial charge in [-0.2, -0.15) is 0 Å². The van der Waals surface area contributed by atoms with Gasteiger partial charge >= 0.3 is 0 Å². The fourth-order valence-corrected chi connectivity index (χ4v) is 2.48. The monoisotopic (exact) mass is 329 g/mol. The summed E-state index contributed by atoms with van der Waals surface area (Å²) >= 11 is 3.28. The van der Waals surface area contributed by atoms with Gasteiger partial charge < -0.3 is 10.1 Å². The highest BCUT2D eigenvalue weighted by Gasteiger charge is 2.15. The van der Waals surface area contributed by atoms with Gasteiger partial charge in [0.05, 0.1) is 11.8 Å². The quantitative estimate of drug-likeness (QED) is 0.910. The maximum Gasteiger partial charge on any atom is 0.224 e. The minimum absolute atomic E-state index is 0.111. The van der Waals surface area contributed by atoms with Crippen molar-refractivity contribution in [2.24, 2.45) is 0 Å². The van der Waals surface area contributed by atoms with Crippen molar-refractivity contribution in [3.05, 3.63) is 28.5 Å². The minimum Gasteiger partial charge on any atom is -0.378 e. The Bertz CT molecular complexity index is 447. The zero-order valence-corrected chi connectivity index (χ0v) is 12.2. The number of amides is 1. The Kier molecular flexibility index (Phi) is 5.34. The highest BCUT2D eigenvalue weighted by atomic mass is 79.9. The first-order valence-corrected chi connectivity index (χ1v) is 7.31. The first-order chi connectivity index (χ1) is 9.15. The van der Waals surface area contributed by atoms with Crippen LogP contribution in [0.3, 0.4) is 0 Å². The number of hydrogen-bond acceptors (Lipinski definition) is 2. The second-order valence-corrected chi connectivity index (χ2v) is 5.55. The SMILES string of the molecule is O=C(CCC1CCCCO1)Nc1cc(F)ccc1Br. The molecule has 0 saturated carbocycles. The van der Waals surface area contributed by atoms with E-state index < -0.39 is 0 Å². The zero-order chi connectivity index (χ0) is 13.7. The molecule has 1 aromatic carbocycles. The van der Waals surface area contributed by atoms with Crippen molar-refractivity contribution in [1.29, 1.82) is 0 Å². The second-order valence-electron chi connectivity index (χ2n) is 4.70. The van der Waals surface area contributed by atoms with Gasteiger partial charge in [-0.15, -0.1) is 0 Å². The lowest BCUT2D eigenvalue weighted by atomic mass is 10.0. The summed E-state index contributed by atoms with van der Waals surface area (Å²) in [7, 11) is 0. The zero-order valence-electron chi connectivity index (χ0n) is 10.6. The molecule has 0 aromatic heterocycles. The van der Waals surface area contributed by atoms with E-state index in [4.69, 9.17) is 4.74 Å². The van der Waals surface area contributed by atoms with E-state index in [9.17, 15) is 9.18 Å². The maximum absolute atomic E-state index is 13.1. The van der Waals surface area contributed by atoms with E-state index in [0.29, 0.717) is 16.6 Å². The first-order valence-electron chi connectivity index (χ1n) is 6.51. The molecule has 1 aliphatic heterocycles. The van der Waals surface area contributed by atoms with Crippen LogP contribution < -0.4 is 5.32 Å². The number of nitrogens with one attached hydrogen (secondary N) is 1. The third-order valence-electron chi connectivity index (χ3n) is 3.17. The molecule has 1 fully saturated rings. The predicted molar refractivity (Wildman–Crippen MR) is 75.6 cm³/mol. The largest absolute Gasteiger partial charge is 0.378 e. The lowest BCUT2D eigenvalue weighted by Gasteiger charge is -2.22. The summed E-state index contributed by atoms with van der Waals surface area (Å²) in [6.07, 6.45) is 4.61. The summed E-state index contributed by atoms with van der Waals surface area (Å²) < 4.78 is 19.3. The van der Waals surface area contributed by atoms with E-state index in [1.54, 1.807) is 6.07 Å². The molecule has 3 nitrogen and oxygen atoms in total. The van der Waals surface area contributed by atoms with Crippen LogP contribution in [0.25, 0.3) is 0 Å². The van der Waals surface area contributed by atoms with Gasteiger partial charge in [0.1, 0.15) is 5.82 Å². The minimum atomic E-state index is -0.367. The van der Waals surface area contributed by atoms with Crippen LogP contribution in [-0.4, -0.2) is 18.6 Å². The van der Waals surface area contributed by atoms with Crippen molar-refractivity contribution in [3.8, 4) is 0 Å². The fourth-order valence-electron chi connectivity index (χ4n) is 2.13. The second kappa shape index (κ2) is 7.01. The third-order valence-corrected chi connectivity index (χ3v) is 3.86. The number of carbonyl (C=O) groups excluding carboxylic acids is 1. The highest BCUT2D eigenvalue weighted by Crippen LogP contribution is 2.23. The van der Waals surface area contributed by atoms with Crippen molar-refractivity contribution in [3.63, 3.8) is 0 Å². The molecule has 1 saturated heterocycles. The Hall–Kier alpha value is -0.940. The Balaban J connectivity index is 1.81. The van der Waals surface area contributed by atoms with E-state index in [2.05, 4.69) is 21.2 Å². The van der Waals surface area contributed by atoms with Crippen molar-refractivity contribution in [2.45, 2.75) is 38.2 Å². The number of anilines is 1. The van der Waals surface area contributed by atoms with Crippen LogP contribution in [0.2, 0.25) is 0 Å². The molecule has 1 amide bonds. The molecule has 1 atom stereocenters. The summed E-state index contributed by atoms with van der Waals surface area (Å²) in [6.45, 7) is 0.793. The van der Waals surface area contributed by atoms with Crippen molar-refractivity contribution in [2.75, 3.05) is 11.9 Å². The molecule has 1 heterocycles. The van der Waals surface area contributed by atoms with Crippen LogP contribution in [-0.2, 0) is 9.53 Å². The van der Waals surface area contributed by atoms with Crippen LogP contribution in [0.4, 0.5) is 10.1 Å². The van der Waals surface area contributed by atoms with E-state index in [1.165, 1.54) is 18.6 Å². The van der Waals surface area contributed by atoms with Crippen molar-refractivity contribution < 1.29 is 13.9 Å². The number of hydrogen-bond donors (Lipinski definition) is 1. The van der Waals surface area contributed by atoms with Gasteiger partial charge in [0.25, 0.3) is 0 Å². The summed E-state index contributed by atoms with van der Waals surface area (Å²) in [5, 5.41) is 2.71. The Labute approximate surface area is 120 Å². The van der Waals surface area contributed by atoms with Crippen LogP contribution in [0.15, 0.2) is 22.7 Å². The van der Waals surface area contributed by atoms with E-state index in [1.807, 2.05) is 0 Å². The van der Waals surface area contributed by atoms with Gasteiger partial charge in [-0.25, -0.2) is 4.39 Å². The van der Waals surface area contributed by atoms with E-state index in [0.717, 1.165) is 25.9 Å². The topological polar surface area (TPSA) is 38.3 Å². The van der Waals surface area contributed by atoms with Gasteiger partial charge in [0.2, 0.25) is 5.91 Å². The molecule has 1 unspecified atom stereocenters. The molecule has 0 bridgehead atoms. The number of ether oxygens (including phenoxy) is 1. The number of halogens is 2. The number of carbonyl (C=O) groups is 1. The van der Waals surface area contributed by atoms with Gasteiger partial charge in [-0.3, -0.25) is 4.79 Å². The molecular formula is C14H17BrFNO2. The smallest absolute Gasteiger partial charge is 0.224 e. The van der Waals surface area contributed by atoms with Crippen LogP contribution in [0.5, 0.6) is 0 Å². The molecule has 1 aliphatic rings. The van der Waals surface area contributed by atoms with E-state index in [-0.39, 0.29) is 17.8 Å². The van der Waals surface area contributed by atoms with Gasteiger partial charge in [-0.1, -0.05) is 0 Å². The standard InChI is InChI=1S/C14H17BrFNO2/c15-12-6-4-10(16)9-13(12)17-14(18)7-5-11-3-1-2-8-19-11/h4,6,9,11H,1-3,5,7-8H2,(H,17,18). The number of rotatable bonds is 4. The molecule has 19 heavy (non-hydrogen) atoms. The predicted octanol–water partition coefficient (Wildman–Crippen LogP) is 3.88. The van der Waals surface area contributed by atoms with Crippen molar-refractivity contribution >= 4 is 27.5 Å². The summed E-state index contributed by atoms with van der Waals surface area (Å²) in [6, 6.07) is 4.23. The average Bonchev–Trinajstić information content (AvgIpc) is 2.42.